The van der Waals surface area contributed by atoms with Gasteiger partial charge in [-0.1, -0.05) is 41.0 Å². The molecule has 0 aliphatic carbocycles. The number of aryl methyl sites for hydroxylation is 1. The van der Waals surface area contributed by atoms with Gasteiger partial charge in [0.15, 0.2) is 6.61 Å². The molecule has 3 aromatic rings. The van der Waals surface area contributed by atoms with Gasteiger partial charge in [-0.05, 0) is 30.7 Å². The number of esters is 1. The minimum Gasteiger partial charge on any atom is -0.507 e. The SMILES string of the molecule is Cc1ccccc1-c1noc(COC(=O)c2ccc(Cl)cc2O)n1. The van der Waals surface area contributed by atoms with Crippen LogP contribution in [0.4, 0.5) is 0 Å². The minimum atomic E-state index is -0.709. The summed E-state index contributed by atoms with van der Waals surface area (Å²) in [6, 6.07) is 11.7. The van der Waals surface area contributed by atoms with Gasteiger partial charge in [-0.25, -0.2) is 4.79 Å². The maximum Gasteiger partial charge on any atom is 0.342 e. The molecular weight excluding hydrogens is 332 g/mol. The maximum absolute atomic E-state index is 12.0. The second-order valence-electron chi connectivity index (χ2n) is 5.06. The third-order valence-electron chi connectivity index (χ3n) is 3.36. The summed E-state index contributed by atoms with van der Waals surface area (Å²) in [5.74, 6) is -0.373. The van der Waals surface area contributed by atoms with Crippen molar-refractivity contribution in [1.29, 1.82) is 0 Å². The summed E-state index contributed by atoms with van der Waals surface area (Å²) < 4.78 is 10.2. The Morgan fingerprint density at radius 2 is 2.08 bits per heavy atom. The number of phenolic OH excluding ortho intramolecular Hbond substituents is 1. The molecule has 122 valence electrons. The van der Waals surface area contributed by atoms with Crippen molar-refractivity contribution < 1.29 is 19.2 Å². The van der Waals surface area contributed by atoms with Gasteiger partial charge in [0.25, 0.3) is 5.89 Å². The lowest BCUT2D eigenvalue weighted by Gasteiger charge is -2.04. The van der Waals surface area contributed by atoms with E-state index in [1.54, 1.807) is 0 Å². The van der Waals surface area contributed by atoms with Crippen molar-refractivity contribution in [3.05, 3.63) is 64.5 Å². The molecule has 0 spiro atoms. The largest absolute Gasteiger partial charge is 0.507 e. The zero-order valence-electron chi connectivity index (χ0n) is 12.7. The van der Waals surface area contributed by atoms with E-state index < -0.39 is 5.97 Å². The maximum atomic E-state index is 12.0. The first-order valence-electron chi connectivity index (χ1n) is 7.09. The molecule has 0 unspecified atom stereocenters. The third-order valence-corrected chi connectivity index (χ3v) is 3.60. The predicted molar refractivity (Wildman–Crippen MR) is 86.7 cm³/mol. The highest BCUT2D eigenvalue weighted by Gasteiger charge is 2.16. The highest BCUT2D eigenvalue weighted by Crippen LogP contribution is 2.23. The molecule has 0 radical (unpaired) electrons. The molecule has 0 bridgehead atoms. The van der Waals surface area contributed by atoms with Crippen LogP contribution in [-0.4, -0.2) is 21.2 Å². The van der Waals surface area contributed by atoms with Crippen molar-refractivity contribution in [3.63, 3.8) is 0 Å². The van der Waals surface area contributed by atoms with Crippen LogP contribution < -0.4 is 0 Å². The number of carbonyl (C=O) groups is 1. The molecular formula is C17H13ClN2O4. The van der Waals surface area contributed by atoms with Gasteiger partial charge in [-0.2, -0.15) is 4.98 Å². The fraction of sp³-hybridized carbons (Fsp3) is 0.118. The highest BCUT2D eigenvalue weighted by molar-refractivity contribution is 6.30. The Labute approximate surface area is 142 Å². The quantitative estimate of drug-likeness (QED) is 0.725. The van der Waals surface area contributed by atoms with Gasteiger partial charge in [0.2, 0.25) is 5.82 Å². The molecule has 0 aliphatic heterocycles. The Morgan fingerprint density at radius 3 is 2.83 bits per heavy atom. The van der Waals surface area contributed by atoms with Crippen LogP contribution in [0.1, 0.15) is 21.8 Å². The average Bonchev–Trinajstić information content (AvgIpc) is 3.02. The van der Waals surface area contributed by atoms with Crippen molar-refractivity contribution >= 4 is 17.6 Å². The Bertz CT molecular complexity index is 892. The van der Waals surface area contributed by atoms with Crippen LogP contribution in [0.15, 0.2) is 47.0 Å². The van der Waals surface area contributed by atoms with Crippen molar-refractivity contribution in [3.8, 4) is 17.1 Å². The fourth-order valence-electron chi connectivity index (χ4n) is 2.13. The Balaban J connectivity index is 1.69. The number of aromatic nitrogens is 2. The minimum absolute atomic E-state index is 0.0121. The molecule has 2 aromatic carbocycles. The second kappa shape index (κ2) is 6.72. The van der Waals surface area contributed by atoms with E-state index >= 15 is 0 Å². The van der Waals surface area contributed by atoms with Crippen LogP contribution in [0.3, 0.4) is 0 Å². The third kappa shape index (κ3) is 3.38. The topological polar surface area (TPSA) is 85.5 Å². The molecule has 3 rings (SSSR count). The van der Waals surface area contributed by atoms with Crippen molar-refractivity contribution in [2.24, 2.45) is 0 Å². The van der Waals surface area contributed by atoms with E-state index in [1.165, 1.54) is 18.2 Å². The number of halogens is 1. The molecule has 1 N–H and O–H groups in total. The summed E-state index contributed by atoms with van der Waals surface area (Å²) >= 11 is 5.72. The Kier molecular flexibility index (Phi) is 4.48. The zero-order valence-corrected chi connectivity index (χ0v) is 13.4. The first-order valence-corrected chi connectivity index (χ1v) is 7.46. The van der Waals surface area contributed by atoms with E-state index in [-0.39, 0.29) is 23.8 Å². The lowest BCUT2D eigenvalue weighted by atomic mass is 10.1. The molecule has 0 atom stereocenters. The number of carbonyl (C=O) groups excluding carboxylic acids is 1. The van der Waals surface area contributed by atoms with Gasteiger partial charge in [-0.3, -0.25) is 0 Å². The normalized spacial score (nSPS) is 10.6. The Hall–Kier alpha value is -2.86. The van der Waals surface area contributed by atoms with Crippen molar-refractivity contribution in [2.75, 3.05) is 0 Å². The second-order valence-corrected chi connectivity index (χ2v) is 5.50. The smallest absolute Gasteiger partial charge is 0.342 e. The standard InChI is InChI=1S/C17H13ClN2O4/c1-10-4-2-3-5-12(10)16-19-15(24-20-16)9-23-17(22)13-7-6-11(18)8-14(13)21/h2-8,21H,9H2,1H3. The van der Waals surface area contributed by atoms with Crippen LogP contribution in [0.25, 0.3) is 11.4 Å². The lowest BCUT2D eigenvalue weighted by Crippen LogP contribution is -2.05. The zero-order chi connectivity index (χ0) is 17.1. The Morgan fingerprint density at radius 1 is 1.29 bits per heavy atom. The molecule has 0 saturated heterocycles. The monoisotopic (exact) mass is 344 g/mol. The summed E-state index contributed by atoms with van der Waals surface area (Å²) in [5.41, 5.74) is 1.86. The summed E-state index contributed by atoms with van der Waals surface area (Å²) in [6.07, 6.45) is 0. The summed E-state index contributed by atoms with van der Waals surface area (Å²) in [6.45, 7) is 1.74. The van der Waals surface area contributed by atoms with Gasteiger partial charge in [0.1, 0.15) is 11.3 Å². The molecule has 0 amide bonds. The molecule has 1 heterocycles. The van der Waals surface area contributed by atoms with E-state index in [1.807, 2.05) is 31.2 Å². The summed E-state index contributed by atoms with van der Waals surface area (Å²) in [4.78, 5) is 16.2. The molecule has 1 aromatic heterocycles. The molecule has 0 aliphatic rings. The van der Waals surface area contributed by atoms with Gasteiger partial charge in [-0.15, -0.1) is 0 Å². The number of ether oxygens (including phenoxy) is 1. The molecule has 24 heavy (non-hydrogen) atoms. The summed E-state index contributed by atoms with van der Waals surface area (Å²) in [5, 5.41) is 13.9. The first kappa shape index (κ1) is 16.0. The van der Waals surface area contributed by atoms with Crippen LogP contribution in [0.2, 0.25) is 5.02 Å². The van der Waals surface area contributed by atoms with E-state index in [9.17, 15) is 9.90 Å². The molecule has 0 fully saturated rings. The van der Waals surface area contributed by atoms with Gasteiger partial charge >= 0.3 is 5.97 Å². The van der Waals surface area contributed by atoms with Gasteiger partial charge in [0, 0.05) is 10.6 Å². The number of phenols is 1. The van der Waals surface area contributed by atoms with Gasteiger partial charge in [0.05, 0.1) is 0 Å². The number of benzene rings is 2. The fourth-order valence-corrected chi connectivity index (χ4v) is 2.30. The highest BCUT2D eigenvalue weighted by atomic mass is 35.5. The molecule has 7 heteroatoms. The van der Waals surface area contributed by atoms with Crippen molar-refractivity contribution in [2.45, 2.75) is 13.5 Å². The van der Waals surface area contributed by atoms with Crippen molar-refractivity contribution in [1.82, 2.24) is 10.1 Å². The average molecular weight is 345 g/mol. The summed E-state index contributed by atoms with van der Waals surface area (Å²) in [7, 11) is 0. The number of rotatable bonds is 4. The van der Waals surface area contributed by atoms with Gasteiger partial charge < -0.3 is 14.4 Å². The van der Waals surface area contributed by atoms with Crippen LogP contribution >= 0.6 is 11.6 Å². The number of hydrogen-bond acceptors (Lipinski definition) is 6. The van der Waals surface area contributed by atoms with Crippen LogP contribution in [-0.2, 0) is 11.3 Å². The number of nitrogens with zero attached hydrogens (tertiary/aromatic N) is 2. The number of aromatic hydroxyl groups is 1. The van der Waals surface area contributed by atoms with E-state index in [0.717, 1.165) is 11.1 Å². The van der Waals surface area contributed by atoms with E-state index in [0.29, 0.717) is 10.8 Å². The lowest BCUT2D eigenvalue weighted by molar-refractivity contribution is 0.0426. The van der Waals surface area contributed by atoms with E-state index in [2.05, 4.69) is 10.1 Å². The number of hydrogen-bond donors (Lipinski definition) is 1. The van der Waals surface area contributed by atoms with Crippen LogP contribution in [0, 0.1) is 6.92 Å². The first-order chi connectivity index (χ1) is 11.5. The molecule has 6 nitrogen and oxygen atoms in total. The van der Waals surface area contributed by atoms with Crippen LogP contribution in [0.5, 0.6) is 5.75 Å². The molecule has 0 saturated carbocycles. The predicted octanol–water partition coefficient (Wildman–Crippen LogP) is 3.76. The van der Waals surface area contributed by atoms with E-state index in [4.69, 9.17) is 20.9 Å².